The van der Waals surface area contributed by atoms with Gasteiger partial charge in [0.2, 0.25) is 0 Å². The maximum Gasteiger partial charge on any atom is 0.287 e. The summed E-state index contributed by atoms with van der Waals surface area (Å²) in [6, 6.07) is 8.20. The second kappa shape index (κ2) is 3.82. The molecule has 0 saturated carbocycles. The molecule has 2 aromatic heterocycles. The molecule has 0 atom stereocenters. The summed E-state index contributed by atoms with van der Waals surface area (Å²) in [6.07, 6.45) is 2.84. The third-order valence-electron chi connectivity index (χ3n) is 2.05. The van der Waals surface area contributed by atoms with Crippen LogP contribution >= 0.6 is 0 Å². The summed E-state index contributed by atoms with van der Waals surface area (Å²) in [4.78, 5) is 13.8. The van der Waals surface area contributed by atoms with Crippen LogP contribution in [0.2, 0.25) is 0 Å². The summed E-state index contributed by atoms with van der Waals surface area (Å²) in [5.41, 5.74) is 0.357. The van der Waals surface area contributed by atoms with E-state index in [-0.39, 0.29) is 5.69 Å². The molecule has 2 aromatic rings. The van der Waals surface area contributed by atoms with Crippen molar-refractivity contribution < 1.29 is 4.92 Å². The van der Waals surface area contributed by atoms with Crippen LogP contribution in [0.3, 0.4) is 0 Å². The van der Waals surface area contributed by atoms with Gasteiger partial charge in [0, 0.05) is 12.3 Å². The average molecular weight is 214 g/mol. The van der Waals surface area contributed by atoms with Crippen molar-refractivity contribution in [1.82, 2.24) is 9.55 Å². The van der Waals surface area contributed by atoms with E-state index in [1.165, 1.54) is 12.1 Å². The highest BCUT2D eigenvalue weighted by Gasteiger charge is 2.07. The number of hydrogen-bond acceptors (Lipinski definition) is 4. The minimum atomic E-state index is -0.516. The molecule has 0 spiro atoms. The zero-order valence-electron chi connectivity index (χ0n) is 8.07. The van der Waals surface area contributed by atoms with Gasteiger partial charge in [-0.2, -0.15) is 5.26 Å². The number of nitrogens with zero attached hydrogens (tertiary/aromatic N) is 4. The summed E-state index contributed by atoms with van der Waals surface area (Å²) in [5, 5.41) is 19.2. The molecule has 78 valence electrons. The van der Waals surface area contributed by atoms with Crippen molar-refractivity contribution in [3.63, 3.8) is 0 Å². The van der Waals surface area contributed by atoms with E-state index in [9.17, 15) is 10.1 Å². The zero-order valence-corrected chi connectivity index (χ0v) is 8.07. The number of hydrogen-bond donors (Lipinski definition) is 0. The Labute approximate surface area is 90.5 Å². The van der Waals surface area contributed by atoms with Crippen molar-refractivity contribution in [3.8, 4) is 11.9 Å². The topological polar surface area (TPSA) is 84.8 Å². The van der Waals surface area contributed by atoms with E-state index in [2.05, 4.69) is 4.98 Å². The summed E-state index contributed by atoms with van der Waals surface area (Å²) in [5.74, 6) is 0.479. The van der Waals surface area contributed by atoms with Crippen molar-refractivity contribution in [3.05, 3.63) is 52.5 Å². The van der Waals surface area contributed by atoms with Crippen LogP contribution in [0, 0.1) is 21.4 Å². The van der Waals surface area contributed by atoms with E-state index in [1.807, 2.05) is 6.07 Å². The number of aromatic nitrogens is 2. The molecule has 0 amide bonds. The molecule has 6 heteroatoms. The van der Waals surface area contributed by atoms with Crippen molar-refractivity contribution in [1.29, 1.82) is 5.26 Å². The van der Waals surface area contributed by atoms with Gasteiger partial charge in [-0.3, -0.25) is 14.7 Å². The molecule has 6 nitrogen and oxygen atoms in total. The smallest absolute Gasteiger partial charge is 0.287 e. The van der Waals surface area contributed by atoms with Crippen LogP contribution < -0.4 is 0 Å². The largest absolute Gasteiger partial charge is 0.293 e. The lowest BCUT2D eigenvalue weighted by Crippen LogP contribution is -1.99. The van der Waals surface area contributed by atoms with Crippen LogP contribution in [-0.4, -0.2) is 14.5 Å². The lowest BCUT2D eigenvalue weighted by Gasteiger charge is -2.02. The molecule has 0 aliphatic carbocycles. The molecule has 0 bridgehead atoms. The molecule has 0 radical (unpaired) electrons. The van der Waals surface area contributed by atoms with Gasteiger partial charge in [0.05, 0.1) is 4.92 Å². The van der Waals surface area contributed by atoms with Crippen molar-refractivity contribution in [2.45, 2.75) is 0 Å². The molecule has 0 aliphatic rings. The maximum atomic E-state index is 10.4. The summed E-state index contributed by atoms with van der Waals surface area (Å²) in [7, 11) is 0. The zero-order chi connectivity index (χ0) is 11.5. The molecule has 0 unspecified atom stereocenters. The predicted molar refractivity (Wildman–Crippen MR) is 54.9 cm³/mol. The van der Waals surface area contributed by atoms with Crippen molar-refractivity contribution in [2.24, 2.45) is 0 Å². The van der Waals surface area contributed by atoms with E-state index < -0.39 is 4.92 Å². The van der Waals surface area contributed by atoms with E-state index in [0.717, 1.165) is 6.20 Å². The maximum absolute atomic E-state index is 10.4. The van der Waals surface area contributed by atoms with Gasteiger partial charge in [-0.1, -0.05) is 0 Å². The lowest BCUT2D eigenvalue weighted by atomic mass is 10.4. The highest BCUT2D eigenvalue weighted by Crippen LogP contribution is 2.13. The van der Waals surface area contributed by atoms with Crippen molar-refractivity contribution >= 4 is 5.69 Å². The molecule has 0 aliphatic heterocycles. The third-order valence-corrected chi connectivity index (χ3v) is 2.05. The van der Waals surface area contributed by atoms with Gasteiger partial charge in [0.1, 0.15) is 23.8 Å². The van der Waals surface area contributed by atoms with Crippen LogP contribution in [0.1, 0.15) is 5.69 Å². The van der Waals surface area contributed by atoms with E-state index in [0.29, 0.717) is 11.5 Å². The first-order chi connectivity index (χ1) is 7.72. The number of rotatable bonds is 2. The van der Waals surface area contributed by atoms with Crippen molar-refractivity contribution in [2.75, 3.05) is 0 Å². The Bertz CT molecular complexity index is 565. The second-order valence-electron chi connectivity index (χ2n) is 3.01. The molecule has 0 saturated heterocycles. The molecule has 2 rings (SSSR count). The molecule has 2 heterocycles. The predicted octanol–water partition coefficient (Wildman–Crippen LogP) is 1.65. The Hall–Kier alpha value is -2.68. The Morgan fingerprint density at radius 2 is 2.25 bits per heavy atom. The van der Waals surface area contributed by atoms with E-state index in [1.54, 1.807) is 22.9 Å². The molecule has 16 heavy (non-hydrogen) atoms. The van der Waals surface area contributed by atoms with Crippen LogP contribution in [-0.2, 0) is 0 Å². The summed E-state index contributed by atoms with van der Waals surface area (Å²) >= 11 is 0. The third kappa shape index (κ3) is 1.62. The molecule has 0 fully saturated rings. The highest BCUT2D eigenvalue weighted by atomic mass is 16.6. The van der Waals surface area contributed by atoms with Crippen LogP contribution in [0.4, 0.5) is 5.69 Å². The molecule has 0 N–H and O–H groups in total. The fourth-order valence-corrected chi connectivity index (χ4v) is 1.30. The number of nitro groups is 1. The summed E-state index contributed by atoms with van der Waals surface area (Å²) < 4.78 is 1.56. The number of nitriles is 1. The van der Waals surface area contributed by atoms with Crippen LogP contribution in [0.25, 0.3) is 5.82 Å². The Morgan fingerprint density at radius 1 is 1.44 bits per heavy atom. The SMILES string of the molecule is N#Cc1cccn1-c1ccc([N+](=O)[O-])cn1. The first kappa shape index (κ1) is 9.86. The van der Waals surface area contributed by atoms with Gasteiger partial charge >= 0.3 is 0 Å². The normalized spacial score (nSPS) is 9.69. The minimum absolute atomic E-state index is 0.0746. The standard InChI is InChI=1S/C10H6N4O2/c11-6-8-2-1-5-13(8)10-4-3-9(7-12-10)14(15)16/h1-5,7H. The highest BCUT2D eigenvalue weighted by molar-refractivity contribution is 5.37. The Morgan fingerprint density at radius 3 is 2.81 bits per heavy atom. The van der Waals surface area contributed by atoms with E-state index >= 15 is 0 Å². The van der Waals surface area contributed by atoms with E-state index in [4.69, 9.17) is 5.26 Å². The quantitative estimate of drug-likeness (QED) is 0.562. The Kier molecular flexibility index (Phi) is 2.36. The monoisotopic (exact) mass is 214 g/mol. The van der Waals surface area contributed by atoms with Gasteiger partial charge in [0.25, 0.3) is 5.69 Å². The molecule has 0 aromatic carbocycles. The summed E-state index contributed by atoms with van der Waals surface area (Å²) in [6.45, 7) is 0. The molecular formula is C10H6N4O2. The lowest BCUT2D eigenvalue weighted by molar-refractivity contribution is -0.385. The molecular weight excluding hydrogens is 208 g/mol. The Balaban J connectivity index is 2.43. The first-order valence-corrected chi connectivity index (χ1v) is 4.40. The second-order valence-corrected chi connectivity index (χ2v) is 3.01. The first-order valence-electron chi connectivity index (χ1n) is 4.40. The number of pyridine rings is 1. The average Bonchev–Trinajstić information content (AvgIpc) is 2.77. The fourth-order valence-electron chi connectivity index (χ4n) is 1.30. The van der Waals surface area contributed by atoms with Gasteiger partial charge in [0.15, 0.2) is 0 Å². The minimum Gasteiger partial charge on any atom is -0.293 e. The van der Waals surface area contributed by atoms with Gasteiger partial charge in [-0.25, -0.2) is 4.98 Å². The van der Waals surface area contributed by atoms with Gasteiger partial charge < -0.3 is 0 Å². The van der Waals surface area contributed by atoms with Gasteiger partial charge in [-0.05, 0) is 18.2 Å². The van der Waals surface area contributed by atoms with Crippen LogP contribution in [0.5, 0.6) is 0 Å². The van der Waals surface area contributed by atoms with Gasteiger partial charge in [-0.15, -0.1) is 0 Å². The van der Waals surface area contributed by atoms with Crippen LogP contribution in [0.15, 0.2) is 36.7 Å². The fraction of sp³-hybridized carbons (Fsp3) is 0.